The molecule has 128 valence electrons. The molecule has 0 saturated carbocycles. The Labute approximate surface area is 144 Å². The minimum atomic E-state index is -0.841. The summed E-state index contributed by atoms with van der Waals surface area (Å²) in [6, 6.07) is 16.6. The zero-order valence-corrected chi connectivity index (χ0v) is 14.4. The Morgan fingerprint density at radius 3 is 2.54 bits per heavy atom. The van der Waals surface area contributed by atoms with E-state index in [2.05, 4.69) is 36.1 Å². The maximum absolute atomic E-state index is 10.3. The Morgan fingerprint density at radius 1 is 1.04 bits per heavy atom. The molecule has 1 atom stereocenters. The summed E-state index contributed by atoms with van der Waals surface area (Å²) >= 11 is 0. The third-order valence-corrected chi connectivity index (χ3v) is 4.80. The summed E-state index contributed by atoms with van der Waals surface area (Å²) in [5.41, 5.74) is 4.87. The summed E-state index contributed by atoms with van der Waals surface area (Å²) < 4.78 is 5.69. The third kappa shape index (κ3) is 4.16. The van der Waals surface area contributed by atoms with Crippen LogP contribution >= 0.6 is 0 Å². The van der Waals surface area contributed by atoms with Crippen LogP contribution in [-0.2, 0) is 17.6 Å². The van der Waals surface area contributed by atoms with Crippen molar-refractivity contribution < 1.29 is 9.84 Å². The molecule has 1 unspecified atom stereocenters. The number of hydrogen-bond donors (Lipinski definition) is 1. The van der Waals surface area contributed by atoms with Crippen molar-refractivity contribution in [3.63, 3.8) is 0 Å². The number of para-hydroxylation sites is 1. The van der Waals surface area contributed by atoms with Crippen molar-refractivity contribution in [3.05, 3.63) is 65.2 Å². The fourth-order valence-electron chi connectivity index (χ4n) is 3.39. The number of aliphatic hydroxyl groups is 1. The zero-order chi connectivity index (χ0) is 16.8. The van der Waals surface area contributed by atoms with Gasteiger partial charge in [0, 0.05) is 24.3 Å². The number of aryl methyl sites for hydroxylation is 2. The summed E-state index contributed by atoms with van der Waals surface area (Å²) in [5, 5.41) is 10.3. The Morgan fingerprint density at radius 2 is 1.79 bits per heavy atom. The van der Waals surface area contributed by atoms with Crippen LogP contribution in [0.3, 0.4) is 0 Å². The predicted molar refractivity (Wildman–Crippen MR) is 98.3 cm³/mol. The molecule has 2 aromatic rings. The Kier molecular flexibility index (Phi) is 5.89. The average Bonchev–Trinajstić information content (AvgIpc) is 2.65. The molecular weight excluding hydrogens is 298 g/mol. The van der Waals surface area contributed by atoms with E-state index in [1.807, 2.05) is 24.3 Å². The predicted octanol–water partition coefficient (Wildman–Crippen LogP) is 4.10. The van der Waals surface area contributed by atoms with Gasteiger partial charge >= 0.3 is 0 Å². The summed E-state index contributed by atoms with van der Waals surface area (Å²) in [6.07, 6.45) is 3.96. The average molecular weight is 325 g/mol. The van der Waals surface area contributed by atoms with Gasteiger partial charge in [-0.05, 0) is 55.9 Å². The second-order valence-corrected chi connectivity index (χ2v) is 6.37. The molecule has 3 nitrogen and oxygen atoms in total. The van der Waals surface area contributed by atoms with Crippen LogP contribution in [0.2, 0.25) is 0 Å². The molecular formula is C21H27NO2. The smallest absolute Gasteiger partial charge is 0.181 e. The summed E-state index contributed by atoms with van der Waals surface area (Å²) in [5.74, 6) is 0. The highest BCUT2D eigenvalue weighted by Gasteiger charge is 2.14. The third-order valence-electron chi connectivity index (χ3n) is 4.80. The van der Waals surface area contributed by atoms with Gasteiger partial charge in [0.2, 0.25) is 0 Å². The van der Waals surface area contributed by atoms with Crippen molar-refractivity contribution in [2.75, 3.05) is 24.6 Å². The van der Waals surface area contributed by atoms with Crippen LogP contribution in [0, 0.1) is 0 Å². The van der Waals surface area contributed by atoms with E-state index in [0.29, 0.717) is 6.61 Å². The van der Waals surface area contributed by atoms with Crippen LogP contribution < -0.4 is 4.90 Å². The van der Waals surface area contributed by atoms with E-state index in [-0.39, 0.29) is 0 Å². The summed E-state index contributed by atoms with van der Waals surface area (Å²) in [6.45, 7) is 4.32. The molecule has 0 aliphatic heterocycles. The van der Waals surface area contributed by atoms with Gasteiger partial charge in [0.05, 0.1) is 6.61 Å². The van der Waals surface area contributed by atoms with Gasteiger partial charge in [-0.2, -0.15) is 0 Å². The first-order chi connectivity index (χ1) is 11.8. The van der Waals surface area contributed by atoms with E-state index in [1.54, 1.807) is 0 Å². The number of rotatable bonds is 7. The molecule has 3 heteroatoms. The Hall–Kier alpha value is -1.84. The summed E-state index contributed by atoms with van der Waals surface area (Å²) in [7, 11) is 0. The van der Waals surface area contributed by atoms with E-state index in [1.165, 1.54) is 29.7 Å². The van der Waals surface area contributed by atoms with Crippen molar-refractivity contribution >= 4 is 5.69 Å². The van der Waals surface area contributed by atoms with Crippen LogP contribution in [0.5, 0.6) is 0 Å². The lowest BCUT2D eigenvalue weighted by Crippen LogP contribution is -2.27. The number of hydrogen-bond acceptors (Lipinski definition) is 3. The van der Waals surface area contributed by atoms with E-state index in [0.717, 1.165) is 31.5 Å². The van der Waals surface area contributed by atoms with Crippen LogP contribution in [0.4, 0.5) is 5.69 Å². The Bertz CT molecular complexity index is 642. The van der Waals surface area contributed by atoms with Gasteiger partial charge in [-0.3, -0.25) is 0 Å². The standard InChI is InChI=1S/C21H27NO2/c1-2-22(20-10-4-3-5-11-20)14-15-24-21(23)19-13-12-17-8-6-7-9-18(17)16-19/h3-5,10-13,16,21,23H,2,6-9,14-15H2,1H3. The second kappa shape index (κ2) is 8.32. The first-order valence-corrected chi connectivity index (χ1v) is 8.99. The number of anilines is 1. The summed E-state index contributed by atoms with van der Waals surface area (Å²) in [4.78, 5) is 2.25. The second-order valence-electron chi connectivity index (χ2n) is 6.37. The quantitative estimate of drug-likeness (QED) is 0.778. The van der Waals surface area contributed by atoms with Crippen LogP contribution in [0.25, 0.3) is 0 Å². The molecule has 0 aromatic heterocycles. The molecule has 1 aliphatic carbocycles. The monoisotopic (exact) mass is 325 g/mol. The SMILES string of the molecule is CCN(CCOC(O)c1ccc2c(c1)CCCC2)c1ccccc1. The number of likely N-dealkylation sites (N-methyl/N-ethyl adjacent to an activating group) is 1. The van der Waals surface area contributed by atoms with E-state index < -0.39 is 6.29 Å². The number of nitrogens with zero attached hydrogens (tertiary/aromatic N) is 1. The molecule has 3 rings (SSSR count). The van der Waals surface area contributed by atoms with Gasteiger partial charge in [-0.25, -0.2) is 0 Å². The molecule has 0 saturated heterocycles. The topological polar surface area (TPSA) is 32.7 Å². The first-order valence-electron chi connectivity index (χ1n) is 8.99. The molecule has 0 heterocycles. The number of benzene rings is 2. The van der Waals surface area contributed by atoms with Gasteiger partial charge in [-0.15, -0.1) is 0 Å². The maximum atomic E-state index is 10.3. The highest BCUT2D eigenvalue weighted by atomic mass is 16.6. The molecule has 0 amide bonds. The van der Waals surface area contributed by atoms with Crippen molar-refractivity contribution in [2.24, 2.45) is 0 Å². The Balaban J connectivity index is 1.54. The van der Waals surface area contributed by atoms with Crippen molar-refractivity contribution in [2.45, 2.75) is 38.9 Å². The minimum Gasteiger partial charge on any atom is -0.369 e. The number of aliphatic hydroxyl groups excluding tert-OH is 1. The highest BCUT2D eigenvalue weighted by Crippen LogP contribution is 2.25. The molecule has 0 radical (unpaired) electrons. The van der Waals surface area contributed by atoms with E-state index in [4.69, 9.17) is 4.74 Å². The van der Waals surface area contributed by atoms with Gasteiger partial charge in [0.15, 0.2) is 6.29 Å². The maximum Gasteiger partial charge on any atom is 0.181 e. The minimum absolute atomic E-state index is 0.501. The molecule has 1 N–H and O–H groups in total. The number of ether oxygens (including phenoxy) is 1. The number of fused-ring (bicyclic) bond motifs is 1. The lowest BCUT2D eigenvalue weighted by atomic mass is 9.90. The van der Waals surface area contributed by atoms with Gasteiger partial charge in [0.1, 0.15) is 0 Å². The molecule has 24 heavy (non-hydrogen) atoms. The molecule has 2 aromatic carbocycles. The molecule has 0 bridgehead atoms. The largest absolute Gasteiger partial charge is 0.369 e. The fourth-order valence-corrected chi connectivity index (χ4v) is 3.39. The molecule has 0 spiro atoms. The van der Waals surface area contributed by atoms with Crippen molar-refractivity contribution in [3.8, 4) is 0 Å². The van der Waals surface area contributed by atoms with Crippen LogP contribution in [0.1, 0.15) is 42.7 Å². The first kappa shape index (κ1) is 17.0. The van der Waals surface area contributed by atoms with Crippen LogP contribution in [0.15, 0.2) is 48.5 Å². The van der Waals surface area contributed by atoms with Crippen molar-refractivity contribution in [1.82, 2.24) is 0 Å². The van der Waals surface area contributed by atoms with Gasteiger partial charge in [-0.1, -0.05) is 36.4 Å². The van der Waals surface area contributed by atoms with Gasteiger partial charge in [0.25, 0.3) is 0 Å². The normalized spacial score (nSPS) is 14.9. The zero-order valence-electron chi connectivity index (χ0n) is 14.4. The highest BCUT2D eigenvalue weighted by molar-refractivity contribution is 5.45. The van der Waals surface area contributed by atoms with Crippen LogP contribution in [-0.4, -0.2) is 24.8 Å². The molecule has 0 fully saturated rings. The van der Waals surface area contributed by atoms with Crippen molar-refractivity contribution in [1.29, 1.82) is 0 Å². The van der Waals surface area contributed by atoms with E-state index >= 15 is 0 Å². The van der Waals surface area contributed by atoms with Gasteiger partial charge < -0.3 is 14.7 Å². The fraction of sp³-hybridized carbons (Fsp3) is 0.429. The van der Waals surface area contributed by atoms with E-state index in [9.17, 15) is 5.11 Å². The lowest BCUT2D eigenvalue weighted by molar-refractivity contribution is -0.1000. The lowest BCUT2D eigenvalue weighted by Gasteiger charge is -2.24. The molecule has 1 aliphatic rings.